The number of nitrogens with one attached hydrogen (secondary N) is 4. The molecule has 0 fully saturated rings. The van der Waals surface area contributed by atoms with E-state index in [0.29, 0.717) is 18.7 Å². The van der Waals surface area contributed by atoms with E-state index < -0.39 is 78.6 Å². The summed E-state index contributed by atoms with van der Waals surface area (Å²) in [5, 5.41) is 19.5. The van der Waals surface area contributed by atoms with E-state index in [4.69, 9.17) is 9.31 Å². The van der Waals surface area contributed by atoms with Gasteiger partial charge in [-0.3, -0.25) is 19.2 Å². The standard InChI is InChI=1S/C28H30B2F6N4O7/c1-2-3-5-37-23(41)4-6-38-26(44)22(11-39-24(42)14-7-18(27(31,32)33)16-12-46-29-20(16)9-14)40-25(43)15-8-19(28(34,35)36)17-13-47-30(45)21(17)10-15/h7-10,22,29,45H,2-6,11-13H2,1H3,(H,37,41)(H,38,44)(H,39,42)(H,40,43)/t22-/m0/s1. The average Bonchev–Trinajstić information content (AvgIpc) is 3.63. The van der Waals surface area contributed by atoms with Crippen molar-refractivity contribution in [2.24, 2.45) is 0 Å². The summed E-state index contributed by atoms with van der Waals surface area (Å²) in [4.78, 5) is 51.3. The molecule has 2 aliphatic heterocycles. The number of alkyl halides is 6. The Morgan fingerprint density at radius 2 is 1.55 bits per heavy atom. The van der Waals surface area contributed by atoms with Gasteiger partial charge in [0.25, 0.3) is 11.8 Å². The first-order chi connectivity index (χ1) is 22.1. The maximum atomic E-state index is 13.8. The number of amides is 4. The third-order valence-electron chi connectivity index (χ3n) is 7.51. The summed E-state index contributed by atoms with van der Waals surface area (Å²) in [5.41, 5.74) is -3.92. The Morgan fingerprint density at radius 3 is 2.21 bits per heavy atom. The molecule has 4 rings (SSSR count). The molecule has 47 heavy (non-hydrogen) atoms. The number of carbonyl (C=O) groups is 4. The smallest absolute Gasteiger partial charge is 0.430 e. The second-order valence-corrected chi connectivity index (χ2v) is 10.9. The number of hydrogen-bond acceptors (Lipinski definition) is 7. The molecule has 0 spiro atoms. The van der Waals surface area contributed by atoms with Crippen LogP contribution in [0.15, 0.2) is 24.3 Å². The molecule has 0 unspecified atom stereocenters. The number of fused-ring (bicyclic) bond motifs is 2. The first kappa shape index (κ1) is 35.8. The minimum absolute atomic E-state index is 0.111. The Balaban J connectivity index is 1.53. The van der Waals surface area contributed by atoms with Crippen molar-refractivity contribution in [2.75, 3.05) is 19.6 Å². The number of carbonyl (C=O) groups excluding carboxylic acids is 4. The van der Waals surface area contributed by atoms with E-state index >= 15 is 0 Å². The van der Waals surface area contributed by atoms with Gasteiger partial charge in [0, 0.05) is 37.2 Å². The number of unbranched alkanes of at least 4 members (excludes halogenated alkanes) is 1. The van der Waals surface area contributed by atoms with Crippen LogP contribution in [0.25, 0.3) is 0 Å². The molecule has 0 aliphatic carbocycles. The maximum absolute atomic E-state index is 13.8. The Labute approximate surface area is 265 Å². The van der Waals surface area contributed by atoms with Gasteiger partial charge in [0.1, 0.15) is 6.04 Å². The molecule has 1 atom stereocenters. The average molecular weight is 670 g/mol. The van der Waals surface area contributed by atoms with Crippen LogP contribution in [-0.4, -0.2) is 68.9 Å². The lowest BCUT2D eigenvalue weighted by Crippen LogP contribution is -2.53. The van der Waals surface area contributed by atoms with E-state index in [1.807, 2.05) is 6.92 Å². The van der Waals surface area contributed by atoms with Crippen molar-refractivity contribution in [3.05, 3.63) is 57.6 Å². The van der Waals surface area contributed by atoms with Gasteiger partial charge in [-0.2, -0.15) is 26.3 Å². The van der Waals surface area contributed by atoms with E-state index in [9.17, 15) is 50.5 Å². The summed E-state index contributed by atoms with van der Waals surface area (Å²) < 4.78 is 92.3. The molecule has 2 aromatic rings. The van der Waals surface area contributed by atoms with Crippen LogP contribution in [0.3, 0.4) is 0 Å². The summed E-state index contributed by atoms with van der Waals surface area (Å²) in [6, 6.07) is 1.67. The lowest BCUT2D eigenvalue weighted by molar-refractivity contribution is -0.139. The molecule has 252 valence electrons. The summed E-state index contributed by atoms with van der Waals surface area (Å²) in [5.74, 6) is -3.56. The molecular formula is C28H30B2F6N4O7. The van der Waals surface area contributed by atoms with Gasteiger partial charge in [0.15, 0.2) is 0 Å². The van der Waals surface area contributed by atoms with Crippen LogP contribution >= 0.6 is 0 Å². The minimum Gasteiger partial charge on any atom is -0.430 e. The van der Waals surface area contributed by atoms with Gasteiger partial charge >= 0.3 is 27.0 Å². The number of benzene rings is 2. The quantitative estimate of drug-likeness (QED) is 0.125. The van der Waals surface area contributed by atoms with Gasteiger partial charge in [0.2, 0.25) is 11.8 Å². The molecule has 4 amide bonds. The third-order valence-corrected chi connectivity index (χ3v) is 7.51. The fourth-order valence-corrected chi connectivity index (χ4v) is 5.05. The SMILES string of the molecule is CCCCNC(=O)CCNC(=O)[C@H](CNC(=O)c1cc2c(c(C(F)(F)F)c1)COB2)NC(=O)c1cc2c(c(C(F)(F)F)c1)COB2O. The summed E-state index contributed by atoms with van der Waals surface area (Å²) in [6.45, 7) is 0.587. The molecule has 2 heterocycles. The highest BCUT2D eigenvalue weighted by Gasteiger charge is 2.41. The molecule has 0 bridgehead atoms. The fraction of sp³-hybridized carbons (Fsp3) is 0.429. The van der Waals surface area contributed by atoms with Gasteiger partial charge in [-0.05, 0) is 46.7 Å². The predicted molar refractivity (Wildman–Crippen MR) is 156 cm³/mol. The molecular weight excluding hydrogens is 640 g/mol. The van der Waals surface area contributed by atoms with Gasteiger partial charge in [-0.15, -0.1) is 0 Å². The Kier molecular flexibility index (Phi) is 11.2. The van der Waals surface area contributed by atoms with Crippen molar-refractivity contribution < 1.29 is 59.9 Å². The van der Waals surface area contributed by atoms with E-state index in [0.717, 1.165) is 18.9 Å². The summed E-state index contributed by atoms with van der Waals surface area (Å²) >= 11 is 0. The lowest BCUT2D eigenvalue weighted by Gasteiger charge is -2.20. The largest absolute Gasteiger partial charge is 0.491 e. The zero-order valence-electron chi connectivity index (χ0n) is 25.0. The van der Waals surface area contributed by atoms with Crippen LogP contribution in [-0.2, 0) is 44.5 Å². The topological polar surface area (TPSA) is 155 Å². The molecule has 0 saturated carbocycles. The second kappa shape index (κ2) is 14.8. The van der Waals surface area contributed by atoms with E-state index in [1.54, 1.807) is 0 Å². The van der Waals surface area contributed by atoms with Crippen LogP contribution in [0.2, 0.25) is 0 Å². The Bertz CT molecular complexity index is 1540. The Morgan fingerprint density at radius 1 is 0.894 bits per heavy atom. The van der Waals surface area contributed by atoms with Crippen molar-refractivity contribution in [1.29, 1.82) is 0 Å². The van der Waals surface area contributed by atoms with Gasteiger partial charge < -0.3 is 35.6 Å². The zero-order valence-corrected chi connectivity index (χ0v) is 25.0. The number of halogens is 6. The Hall–Kier alpha value is -4.09. The van der Waals surface area contributed by atoms with Crippen LogP contribution in [0.1, 0.15) is 69.2 Å². The fourth-order valence-electron chi connectivity index (χ4n) is 5.05. The molecule has 19 heteroatoms. The number of rotatable bonds is 12. The van der Waals surface area contributed by atoms with Crippen LogP contribution in [0.5, 0.6) is 0 Å². The van der Waals surface area contributed by atoms with Gasteiger partial charge in [-0.25, -0.2) is 0 Å². The predicted octanol–water partition coefficient (Wildman–Crippen LogP) is 0.400. The highest BCUT2D eigenvalue weighted by Crippen LogP contribution is 2.35. The summed E-state index contributed by atoms with van der Waals surface area (Å²) in [7, 11) is -1.90. The second-order valence-electron chi connectivity index (χ2n) is 10.9. The molecule has 0 aromatic heterocycles. The minimum atomic E-state index is -4.92. The molecule has 11 nitrogen and oxygen atoms in total. The third kappa shape index (κ3) is 8.84. The zero-order chi connectivity index (χ0) is 34.5. The normalized spacial score (nSPS) is 14.5. The van der Waals surface area contributed by atoms with E-state index in [1.165, 1.54) is 6.07 Å². The van der Waals surface area contributed by atoms with Crippen molar-refractivity contribution in [2.45, 2.75) is 57.8 Å². The first-order valence-corrected chi connectivity index (χ1v) is 14.6. The van der Waals surface area contributed by atoms with E-state index in [2.05, 4.69) is 21.3 Å². The molecule has 0 radical (unpaired) electrons. The molecule has 5 N–H and O–H groups in total. The van der Waals surface area contributed by atoms with Crippen LogP contribution in [0.4, 0.5) is 26.3 Å². The lowest BCUT2D eigenvalue weighted by atomic mass is 9.77. The highest BCUT2D eigenvalue weighted by molar-refractivity contribution is 6.61. The van der Waals surface area contributed by atoms with Gasteiger partial charge in [-0.1, -0.05) is 19.4 Å². The van der Waals surface area contributed by atoms with Gasteiger partial charge in [0.05, 0.1) is 24.3 Å². The highest BCUT2D eigenvalue weighted by atomic mass is 19.4. The first-order valence-electron chi connectivity index (χ1n) is 14.6. The van der Waals surface area contributed by atoms with Crippen molar-refractivity contribution in [3.63, 3.8) is 0 Å². The molecule has 2 aromatic carbocycles. The van der Waals surface area contributed by atoms with Crippen molar-refractivity contribution in [1.82, 2.24) is 21.3 Å². The van der Waals surface area contributed by atoms with Crippen molar-refractivity contribution >= 4 is 49.2 Å². The van der Waals surface area contributed by atoms with Crippen LogP contribution in [0, 0.1) is 0 Å². The monoisotopic (exact) mass is 670 g/mol. The summed E-state index contributed by atoms with van der Waals surface area (Å²) in [6.07, 6.45) is -8.31. The molecule has 0 saturated heterocycles. The van der Waals surface area contributed by atoms with Crippen molar-refractivity contribution in [3.8, 4) is 0 Å². The van der Waals surface area contributed by atoms with Crippen LogP contribution < -0.4 is 32.2 Å². The molecule has 2 aliphatic rings. The van der Waals surface area contributed by atoms with E-state index in [-0.39, 0.29) is 55.0 Å². The maximum Gasteiger partial charge on any atom is 0.491 e. The number of hydrogen-bond donors (Lipinski definition) is 5.